The van der Waals surface area contributed by atoms with Crippen molar-refractivity contribution in [2.24, 2.45) is 5.92 Å². The fraction of sp³-hybridized carbons (Fsp3) is 0.632. The zero-order chi connectivity index (χ0) is 16.8. The van der Waals surface area contributed by atoms with E-state index in [1.807, 2.05) is 38.1 Å². The van der Waals surface area contributed by atoms with Crippen LogP contribution in [-0.4, -0.2) is 54.9 Å². The largest absolute Gasteiger partial charge is 0.301 e. The molecule has 4 heteroatoms. The molecule has 0 aliphatic carbocycles. The predicted octanol–water partition coefficient (Wildman–Crippen LogP) is 3.68. The minimum Gasteiger partial charge on any atom is -0.301 e. The van der Waals surface area contributed by atoms with E-state index in [0.717, 1.165) is 43.3 Å². The van der Waals surface area contributed by atoms with Gasteiger partial charge < -0.3 is 4.90 Å². The predicted molar refractivity (Wildman–Crippen MR) is 97.2 cm³/mol. The lowest BCUT2D eigenvalue weighted by atomic mass is 9.88. The second-order valence-electron chi connectivity index (χ2n) is 6.80. The van der Waals surface area contributed by atoms with Crippen LogP contribution < -0.4 is 0 Å². The van der Waals surface area contributed by atoms with E-state index >= 15 is 0 Å². The molecule has 0 saturated carbocycles. The Kier molecular flexibility index (Phi) is 7.07. The first-order valence-corrected chi connectivity index (χ1v) is 9.13. The molecule has 0 amide bonds. The Morgan fingerprint density at radius 2 is 1.65 bits per heavy atom. The third kappa shape index (κ3) is 5.30. The molecule has 1 heterocycles. The van der Waals surface area contributed by atoms with Crippen LogP contribution in [-0.2, 0) is 4.79 Å². The summed E-state index contributed by atoms with van der Waals surface area (Å²) < 4.78 is 0. The van der Waals surface area contributed by atoms with Crippen molar-refractivity contribution >= 4 is 17.4 Å². The number of piperazine rings is 1. The van der Waals surface area contributed by atoms with Gasteiger partial charge in [0.15, 0.2) is 0 Å². The summed E-state index contributed by atoms with van der Waals surface area (Å²) in [5, 5.41) is 0.720. The van der Waals surface area contributed by atoms with Gasteiger partial charge in [0.1, 0.15) is 5.78 Å². The van der Waals surface area contributed by atoms with Gasteiger partial charge >= 0.3 is 0 Å². The Bertz CT molecular complexity index is 493. The van der Waals surface area contributed by atoms with Crippen LogP contribution in [0.15, 0.2) is 24.3 Å². The van der Waals surface area contributed by atoms with E-state index in [1.165, 1.54) is 13.0 Å². The summed E-state index contributed by atoms with van der Waals surface area (Å²) in [6.45, 7) is 12.5. The average Bonchev–Trinajstić information content (AvgIpc) is 2.55. The van der Waals surface area contributed by atoms with Gasteiger partial charge in [-0.05, 0) is 30.7 Å². The molecule has 0 bridgehead atoms. The summed E-state index contributed by atoms with van der Waals surface area (Å²) in [7, 11) is 0. The maximum atomic E-state index is 12.7. The fourth-order valence-corrected chi connectivity index (χ4v) is 3.35. The SMILES string of the molecule is CCCN1CCN(C[C@@H](C(=O)C(C)C)c2ccc(Cl)cc2)CC1. The first kappa shape index (κ1) is 18.4. The van der Waals surface area contributed by atoms with Crippen LogP contribution in [0.3, 0.4) is 0 Å². The Hall–Kier alpha value is -0.900. The highest BCUT2D eigenvalue weighted by molar-refractivity contribution is 6.30. The van der Waals surface area contributed by atoms with E-state index in [0.29, 0.717) is 5.78 Å². The molecule has 1 aliphatic rings. The molecule has 0 aromatic heterocycles. The standard InChI is InChI=1S/C19H29ClN2O/c1-4-9-21-10-12-22(13-11-21)14-18(19(23)15(2)3)16-5-7-17(20)8-6-16/h5-8,15,18H,4,9-14H2,1-3H3/t18-/m1/s1. The fourth-order valence-electron chi connectivity index (χ4n) is 3.23. The zero-order valence-electron chi connectivity index (χ0n) is 14.6. The van der Waals surface area contributed by atoms with Crippen molar-refractivity contribution < 1.29 is 4.79 Å². The van der Waals surface area contributed by atoms with Crippen LogP contribution in [0.2, 0.25) is 5.02 Å². The van der Waals surface area contributed by atoms with E-state index in [-0.39, 0.29) is 11.8 Å². The maximum Gasteiger partial charge on any atom is 0.144 e. The first-order valence-electron chi connectivity index (χ1n) is 8.75. The van der Waals surface area contributed by atoms with E-state index in [4.69, 9.17) is 11.6 Å². The number of rotatable bonds is 7. The molecule has 1 aromatic rings. The summed E-state index contributed by atoms with van der Waals surface area (Å²) in [4.78, 5) is 17.6. The number of benzene rings is 1. The van der Waals surface area contributed by atoms with Crippen molar-refractivity contribution in [2.45, 2.75) is 33.1 Å². The van der Waals surface area contributed by atoms with Crippen LogP contribution in [0.5, 0.6) is 0 Å². The topological polar surface area (TPSA) is 23.6 Å². The smallest absolute Gasteiger partial charge is 0.144 e. The molecule has 0 radical (unpaired) electrons. The van der Waals surface area contributed by atoms with Crippen LogP contribution in [0.1, 0.15) is 38.7 Å². The average molecular weight is 337 g/mol. The number of hydrogen-bond donors (Lipinski definition) is 0. The van der Waals surface area contributed by atoms with Crippen LogP contribution in [0.25, 0.3) is 0 Å². The number of ketones is 1. The number of Topliss-reactive ketones (excluding diaryl/α,β-unsaturated/α-hetero) is 1. The molecular weight excluding hydrogens is 308 g/mol. The van der Waals surface area contributed by atoms with Crippen molar-refractivity contribution in [3.05, 3.63) is 34.9 Å². The lowest BCUT2D eigenvalue weighted by Crippen LogP contribution is -2.48. The van der Waals surface area contributed by atoms with E-state index < -0.39 is 0 Å². The molecule has 0 spiro atoms. The molecule has 2 rings (SSSR count). The minimum absolute atomic E-state index is 0.0509. The van der Waals surface area contributed by atoms with Gasteiger partial charge in [-0.3, -0.25) is 9.69 Å². The van der Waals surface area contributed by atoms with Crippen molar-refractivity contribution in [1.82, 2.24) is 9.80 Å². The number of halogens is 1. The Morgan fingerprint density at radius 3 is 2.17 bits per heavy atom. The van der Waals surface area contributed by atoms with Gasteiger partial charge in [-0.25, -0.2) is 0 Å². The molecule has 1 saturated heterocycles. The van der Waals surface area contributed by atoms with Gasteiger partial charge in [-0.1, -0.05) is 44.5 Å². The third-order valence-corrected chi connectivity index (χ3v) is 4.88. The Labute approximate surface area is 145 Å². The highest BCUT2D eigenvalue weighted by Crippen LogP contribution is 2.24. The van der Waals surface area contributed by atoms with Crippen molar-refractivity contribution in [2.75, 3.05) is 39.3 Å². The molecule has 1 atom stereocenters. The van der Waals surface area contributed by atoms with Gasteiger partial charge in [0.25, 0.3) is 0 Å². The molecule has 3 nitrogen and oxygen atoms in total. The van der Waals surface area contributed by atoms with Gasteiger partial charge in [0.2, 0.25) is 0 Å². The lowest BCUT2D eigenvalue weighted by Gasteiger charge is -2.36. The number of hydrogen-bond acceptors (Lipinski definition) is 3. The summed E-state index contributed by atoms with van der Waals surface area (Å²) in [5.74, 6) is 0.324. The minimum atomic E-state index is -0.0509. The third-order valence-electron chi connectivity index (χ3n) is 4.63. The second kappa shape index (κ2) is 8.81. The van der Waals surface area contributed by atoms with Crippen molar-refractivity contribution in [3.8, 4) is 0 Å². The first-order chi connectivity index (χ1) is 11.0. The monoisotopic (exact) mass is 336 g/mol. The van der Waals surface area contributed by atoms with Gasteiger partial charge in [0.05, 0.1) is 5.92 Å². The summed E-state index contributed by atoms with van der Waals surface area (Å²) in [6, 6.07) is 7.77. The summed E-state index contributed by atoms with van der Waals surface area (Å²) >= 11 is 6.00. The Balaban J connectivity index is 2.04. The molecule has 1 aliphatic heterocycles. The quantitative estimate of drug-likeness (QED) is 0.759. The van der Waals surface area contributed by atoms with Crippen LogP contribution >= 0.6 is 11.6 Å². The Morgan fingerprint density at radius 1 is 1.09 bits per heavy atom. The lowest BCUT2D eigenvalue weighted by molar-refractivity contribution is -0.124. The molecular formula is C19H29ClN2O. The van der Waals surface area contributed by atoms with E-state index in [9.17, 15) is 4.79 Å². The van der Waals surface area contributed by atoms with Crippen molar-refractivity contribution in [3.63, 3.8) is 0 Å². The van der Waals surface area contributed by atoms with Gasteiger partial charge in [0, 0.05) is 43.7 Å². The number of carbonyl (C=O) groups excluding carboxylic acids is 1. The van der Waals surface area contributed by atoms with Gasteiger partial charge in [-0.15, -0.1) is 0 Å². The highest BCUT2D eigenvalue weighted by Gasteiger charge is 2.27. The molecule has 1 aromatic carbocycles. The maximum absolute atomic E-state index is 12.7. The van der Waals surface area contributed by atoms with Crippen LogP contribution in [0.4, 0.5) is 0 Å². The summed E-state index contributed by atoms with van der Waals surface area (Å²) in [5.41, 5.74) is 1.09. The molecule has 23 heavy (non-hydrogen) atoms. The molecule has 0 unspecified atom stereocenters. The van der Waals surface area contributed by atoms with Crippen LogP contribution in [0, 0.1) is 5.92 Å². The van der Waals surface area contributed by atoms with Gasteiger partial charge in [-0.2, -0.15) is 0 Å². The number of carbonyl (C=O) groups is 1. The zero-order valence-corrected chi connectivity index (χ0v) is 15.4. The second-order valence-corrected chi connectivity index (χ2v) is 7.24. The summed E-state index contributed by atoms with van der Waals surface area (Å²) in [6.07, 6.45) is 1.21. The molecule has 0 N–H and O–H groups in total. The van der Waals surface area contributed by atoms with E-state index in [2.05, 4.69) is 16.7 Å². The normalized spacial score (nSPS) is 18.3. The molecule has 1 fully saturated rings. The highest BCUT2D eigenvalue weighted by atomic mass is 35.5. The van der Waals surface area contributed by atoms with E-state index in [1.54, 1.807) is 0 Å². The molecule has 128 valence electrons. The number of nitrogens with zero attached hydrogens (tertiary/aromatic N) is 2. The van der Waals surface area contributed by atoms with Crippen molar-refractivity contribution in [1.29, 1.82) is 0 Å².